The lowest BCUT2D eigenvalue weighted by Crippen LogP contribution is -2.49. The zero-order chi connectivity index (χ0) is 25.8. The van der Waals surface area contributed by atoms with Gasteiger partial charge in [0.25, 0.3) is 12.3 Å². The third-order valence-corrected chi connectivity index (χ3v) is 7.97. The molecule has 2 aromatic heterocycles. The maximum atomic E-state index is 14.4. The van der Waals surface area contributed by atoms with Crippen LogP contribution >= 0.6 is 0 Å². The minimum atomic E-state index is -2.77. The van der Waals surface area contributed by atoms with Gasteiger partial charge in [0, 0.05) is 24.2 Å². The van der Waals surface area contributed by atoms with E-state index in [0.29, 0.717) is 18.5 Å². The Balaban J connectivity index is 1.57. The molecule has 2 aliphatic carbocycles. The number of nitrogens with zero attached hydrogens (tertiary/aromatic N) is 3. The number of fused-ring (bicyclic) bond motifs is 5. The molecule has 1 saturated carbocycles. The van der Waals surface area contributed by atoms with Gasteiger partial charge in [0.15, 0.2) is 0 Å². The van der Waals surface area contributed by atoms with Gasteiger partial charge in [-0.25, -0.2) is 17.6 Å². The summed E-state index contributed by atoms with van der Waals surface area (Å²) in [4.78, 5) is 28.1. The first-order valence-electron chi connectivity index (χ1n) is 11.6. The number of nitrogens with one attached hydrogen (secondary N) is 1. The van der Waals surface area contributed by atoms with Crippen LogP contribution in [0.5, 0.6) is 0 Å². The van der Waals surface area contributed by atoms with Crippen molar-refractivity contribution in [3.63, 3.8) is 0 Å². The highest BCUT2D eigenvalue weighted by Gasteiger charge is 2.64. The van der Waals surface area contributed by atoms with Crippen LogP contribution in [-0.4, -0.2) is 45.5 Å². The van der Waals surface area contributed by atoms with Gasteiger partial charge in [-0.05, 0) is 54.0 Å². The van der Waals surface area contributed by atoms with Crippen molar-refractivity contribution in [2.75, 3.05) is 13.1 Å². The summed E-state index contributed by atoms with van der Waals surface area (Å²) in [6, 6.07) is 7.67. The van der Waals surface area contributed by atoms with Crippen LogP contribution in [0.1, 0.15) is 54.2 Å². The molecule has 2 aliphatic rings. The second-order valence-electron chi connectivity index (χ2n) is 10.0. The fourth-order valence-corrected chi connectivity index (χ4v) is 6.08. The third-order valence-electron chi connectivity index (χ3n) is 7.97. The van der Waals surface area contributed by atoms with E-state index in [1.807, 2.05) is 13.8 Å². The number of pyridine rings is 1. The molecule has 0 radical (unpaired) electrons. The molecule has 1 N–H and O–H groups in total. The molecule has 188 valence electrons. The number of amides is 1. The van der Waals surface area contributed by atoms with Crippen molar-refractivity contribution < 1.29 is 22.4 Å². The lowest BCUT2D eigenvalue weighted by atomic mass is 9.68. The van der Waals surface area contributed by atoms with E-state index >= 15 is 0 Å². The van der Waals surface area contributed by atoms with Crippen LogP contribution in [0.3, 0.4) is 0 Å². The Morgan fingerprint density at radius 3 is 2.53 bits per heavy atom. The number of aromatic amines is 1. The summed E-state index contributed by atoms with van der Waals surface area (Å²) in [6.45, 7) is 3.18. The summed E-state index contributed by atoms with van der Waals surface area (Å²) >= 11 is 0. The standard InChI is InChI=1S/C26H24F4N4O2/c1-25(2)16-8-9-26(25,13-34(12-20(29)30)24(36)14-6-7-21(35)31-11-14)23-15(16)10-19(32-33-23)22-17(27)4-3-5-18(22)28/h3-7,10-11,16,20H,8-9,12-13H2,1-2H3,(H,31,35)/t16-,26-/m0/s1. The molecule has 0 aliphatic heterocycles. The lowest BCUT2D eigenvalue weighted by molar-refractivity contribution is 0.0403. The highest BCUT2D eigenvalue weighted by molar-refractivity contribution is 5.94. The van der Waals surface area contributed by atoms with Crippen LogP contribution < -0.4 is 5.56 Å². The normalized spacial score (nSPS) is 21.6. The summed E-state index contributed by atoms with van der Waals surface area (Å²) < 4.78 is 56.0. The van der Waals surface area contributed by atoms with E-state index in [9.17, 15) is 27.2 Å². The van der Waals surface area contributed by atoms with Crippen LogP contribution in [-0.2, 0) is 5.41 Å². The largest absolute Gasteiger partial charge is 0.332 e. The number of alkyl halides is 2. The molecular weight excluding hydrogens is 476 g/mol. The van der Waals surface area contributed by atoms with Crippen LogP contribution in [0, 0.1) is 17.0 Å². The molecule has 1 amide bonds. The minimum Gasteiger partial charge on any atom is -0.332 e. The molecule has 6 nitrogen and oxygen atoms in total. The Labute approximate surface area is 204 Å². The van der Waals surface area contributed by atoms with Gasteiger partial charge < -0.3 is 9.88 Å². The molecule has 2 atom stereocenters. The summed E-state index contributed by atoms with van der Waals surface area (Å²) in [5.74, 6) is -2.19. The van der Waals surface area contributed by atoms with Crippen LogP contribution in [0.25, 0.3) is 11.3 Å². The van der Waals surface area contributed by atoms with Crippen LogP contribution in [0.15, 0.2) is 47.4 Å². The summed E-state index contributed by atoms with van der Waals surface area (Å²) in [7, 11) is 0. The maximum Gasteiger partial charge on any atom is 0.255 e. The second kappa shape index (κ2) is 8.53. The predicted octanol–water partition coefficient (Wildman–Crippen LogP) is 4.67. The van der Waals surface area contributed by atoms with Gasteiger partial charge in [-0.1, -0.05) is 19.9 Å². The van der Waals surface area contributed by atoms with E-state index < -0.39 is 46.9 Å². The maximum absolute atomic E-state index is 14.4. The third kappa shape index (κ3) is 3.61. The second-order valence-corrected chi connectivity index (χ2v) is 10.0. The number of carbonyl (C=O) groups is 1. The zero-order valence-electron chi connectivity index (χ0n) is 19.7. The number of benzene rings is 1. The Morgan fingerprint density at radius 2 is 1.89 bits per heavy atom. The van der Waals surface area contributed by atoms with Crippen molar-refractivity contribution in [1.82, 2.24) is 20.1 Å². The summed E-state index contributed by atoms with van der Waals surface area (Å²) in [6.07, 6.45) is -0.258. The molecule has 0 saturated heterocycles. The number of hydrogen-bond acceptors (Lipinski definition) is 4. The average molecular weight is 500 g/mol. The Bertz CT molecular complexity index is 1370. The fraction of sp³-hybridized carbons (Fsp3) is 0.385. The lowest BCUT2D eigenvalue weighted by Gasteiger charge is -2.41. The molecule has 3 aromatic rings. The Morgan fingerprint density at radius 1 is 1.17 bits per heavy atom. The molecular formula is C26H24F4N4O2. The molecule has 36 heavy (non-hydrogen) atoms. The predicted molar refractivity (Wildman–Crippen MR) is 124 cm³/mol. The molecule has 1 aromatic carbocycles. The molecule has 0 spiro atoms. The number of rotatable bonds is 6. The van der Waals surface area contributed by atoms with Gasteiger partial charge in [-0.3, -0.25) is 9.59 Å². The highest BCUT2D eigenvalue weighted by atomic mass is 19.3. The Hall–Kier alpha value is -3.56. The van der Waals surface area contributed by atoms with Gasteiger partial charge in [0.2, 0.25) is 5.56 Å². The monoisotopic (exact) mass is 500 g/mol. The van der Waals surface area contributed by atoms with Crippen molar-refractivity contribution in [3.05, 3.63) is 81.4 Å². The van der Waals surface area contributed by atoms with Gasteiger partial charge in [0.1, 0.15) is 11.6 Å². The van der Waals surface area contributed by atoms with Gasteiger partial charge in [-0.2, -0.15) is 10.2 Å². The highest BCUT2D eigenvalue weighted by Crippen LogP contribution is 2.67. The first-order valence-corrected chi connectivity index (χ1v) is 11.6. The molecule has 1 fully saturated rings. The van der Waals surface area contributed by atoms with Gasteiger partial charge in [0.05, 0.1) is 29.1 Å². The van der Waals surface area contributed by atoms with Gasteiger partial charge >= 0.3 is 0 Å². The van der Waals surface area contributed by atoms with Gasteiger partial charge in [-0.15, -0.1) is 0 Å². The molecule has 5 rings (SSSR count). The van der Waals surface area contributed by atoms with E-state index in [-0.39, 0.29) is 29.3 Å². The van der Waals surface area contributed by atoms with E-state index in [0.717, 1.165) is 22.6 Å². The fourth-order valence-electron chi connectivity index (χ4n) is 6.08. The quantitative estimate of drug-likeness (QED) is 0.499. The number of carbonyl (C=O) groups excluding carboxylic acids is 1. The van der Waals surface area contributed by atoms with Crippen molar-refractivity contribution in [2.45, 2.75) is 44.4 Å². The molecule has 2 bridgehead atoms. The number of H-pyrrole nitrogens is 1. The smallest absolute Gasteiger partial charge is 0.255 e. The van der Waals surface area contributed by atoms with Crippen LogP contribution in [0.2, 0.25) is 0 Å². The minimum absolute atomic E-state index is 0.0338. The Kier molecular flexibility index (Phi) is 5.72. The number of hydrogen-bond donors (Lipinski definition) is 1. The summed E-state index contributed by atoms with van der Waals surface area (Å²) in [5, 5.41) is 8.52. The first kappa shape index (κ1) is 24.1. The van der Waals surface area contributed by atoms with Crippen molar-refractivity contribution in [2.24, 2.45) is 5.41 Å². The van der Waals surface area contributed by atoms with E-state index in [1.54, 1.807) is 6.07 Å². The molecule has 2 heterocycles. The van der Waals surface area contributed by atoms with Crippen molar-refractivity contribution in [3.8, 4) is 11.3 Å². The SMILES string of the molecule is CC1(C)[C@H]2CC[C@]1(CN(CC(F)F)C(=O)c1ccc(=O)[nH]c1)c1nnc(-c3c(F)cccc3F)cc12. The number of halogens is 4. The molecule has 10 heteroatoms. The molecule has 0 unspecified atom stereocenters. The summed E-state index contributed by atoms with van der Waals surface area (Å²) in [5.41, 5.74) is -0.445. The average Bonchev–Trinajstić information content (AvgIpc) is 3.18. The number of aromatic nitrogens is 3. The first-order chi connectivity index (χ1) is 17.0. The van der Waals surface area contributed by atoms with Crippen molar-refractivity contribution in [1.29, 1.82) is 0 Å². The van der Waals surface area contributed by atoms with E-state index in [1.165, 1.54) is 24.4 Å². The van der Waals surface area contributed by atoms with Crippen molar-refractivity contribution >= 4 is 5.91 Å². The van der Waals surface area contributed by atoms with Crippen LogP contribution in [0.4, 0.5) is 17.6 Å². The topological polar surface area (TPSA) is 79.0 Å². The zero-order valence-corrected chi connectivity index (χ0v) is 19.7. The van der Waals surface area contributed by atoms with E-state index in [4.69, 9.17) is 0 Å². The van der Waals surface area contributed by atoms with E-state index in [2.05, 4.69) is 15.2 Å².